The molecular weight excluding hydrogens is 232 g/mol. The SMILES string of the molecule is O=C(c1ccccc1)C1CCC=C1c1ccccc1. The number of ketones is 1. The number of rotatable bonds is 3. The molecule has 0 amide bonds. The van der Waals surface area contributed by atoms with Crippen LogP contribution in [0.25, 0.3) is 5.57 Å². The predicted octanol–water partition coefficient (Wildman–Crippen LogP) is 4.36. The van der Waals surface area contributed by atoms with Gasteiger partial charge in [-0.1, -0.05) is 66.7 Å². The highest BCUT2D eigenvalue weighted by Gasteiger charge is 2.27. The molecule has 0 N–H and O–H groups in total. The second kappa shape index (κ2) is 5.23. The van der Waals surface area contributed by atoms with E-state index in [-0.39, 0.29) is 11.7 Å². The highest BCUT2D eigenvalue weighted by Crippen LogP contribution is 2.35. The van der Waals surface area contributed by atoms with E-state index in [0.717, 1.165) is 18.4 Å². The van der Waals surface area contributed by atoms with Gasteiger partial charge in [0.05, 0.1) is 0 Å². The minimum atomic E-state index is 0.0183. The Labute approximate surface area is 113 Å². The third kappa shape index (κ3) is 2.37. The summed E-state index contributed by atoms with van der Waals surface area (Å²) in [5.74, 6) is 0.262. The first-order valence-corrected chi connectivity index (χ1v) is 6.71. The van der Waals surface area contributed by atoms with Crippen molar-refractivity contribution in [2.45, 2.75) is 12.8 Å². The van der Waals surface area contributed by atoms with Crippen LogP contribution in [0.5, 0.6) is 0 Å². The number of carbonyl (C=O) groups excluding carboxylic acids is 1. The smallest absolute Gasteiger partial charge is 0.170 e. The van der Waals surface area contributed by atoms with E-state index in [4.69, 9.17) is 0 Å². The van der Waals surface area contributed by atoms with Crippen LogP contribution >= 0.6 is 0 Å². The second-order valence-electron chi connectivity index (χ2n) is 4.89. The molecule has 1 aliphatic rings. The molecule has 0 heterocycles. The van der Waals surface area contributed by atoms with Crippen LogP contribution in [0.1, 0.15) is 28.8 Å². The zero-order chi connectivity index (χ0) is 13.1. The van der Waals surface area contributed by atoms with E-state index in [2.05, 4.69) is 18.2 Å². The molecule has 0 aromatic heterocycles. The Morgan fingerprint density at radius 3 is 2.21 bits per heavy atom. The van der Waals surface area contributed by atoms with Gasteiger partial charge in [0.1, 0.15) is 0 Å². The van der Waals surface area contributed by atoms with Gasteiger partial charge >= 0.3 is 0 Å². The highest BCUT2D eigenvalue weighted by atomic mass is 16.1. The van der Waals surface area contributed by atoms with Gasteiger partial charge in [-0.25, -0.2) is 0 Å². The zero-order valence-electron chi connectivity index (χ0n) is 10.8. The van der Waals surface area contributed by atoms with Crippen LogP contribution in [0.4, 0.5) is 0 Å². The molecule has 0 spiro atoms. The van der Waals surface area contributed by atoms with Crippen LogP contribution in [-0.4, -0.2) is 5.78 Å². The van der Waals surface area contributed by atoms with Gasteiger partial charge in [-0.15, -0.1) is 0 Å². The van der Waals surface area contributed by atoms with Crippen LogP contribution in [0, 0.1) is 5.92 Å². The molecule has 0 saturated heterocycles. The third-order valence-electron chi connectivity index (χ3n) is 3.68. The first-order chi connectivity index (χ1) is 9.36. The Hall–Kier alpha value is -2.15. The van der Waals surface area contributed by atoms with Gasteiger partial charge in [0.15, 0.2) is 5.78 Å². The summed E-state index contributed by atoms with van der Waals surface area (Å²) in [6, 6.07) is 19.8. The Kier molecular flexibility index (Phi) is 3.28. The molecule has 1 nitrogen and oxygen atoms in total. The molecule has 1 aliphatic carbocycles. The van der Waals surface area contributed by atoms with E-state index in [1.54, 1.807) is 0 Å². The van der Waals surface area contributed by atoms with E-state index in [1.807, 2.05) is 48.5 Å². The number of benzene rings is 2. The minimum absolute atomic E-state index is 0.0183. The van der Waals surface area contributed by atoms with Gasteiger partial charge in [0.2, 0.25) is 0 Å². The Balaban J connectivity index is 1.90. The monoisotopic (exact) mass is 248 g/mol. The fourth-order valence-corrected chi connectivity index (χ4v) is 2.73. The summed E-state index contributed by atoms with van der Waals surface area (Å²) in [4.78, 5) is 12.6. The summed E-state index contributed by atoms with van der Waals surface area (Å²) in [6.07, 6.45) is 4.13. The summed E-state index contributed by atoms with van der Waals surface area (Å²) in [5, 5.41) is 0. The van der Waals surface area contributed by atoms with Gasteiger partial charge in [0, 0.05) is 11.5 Å². The highest BCUT2D eigenvalue weighted by molar-refractivity contribution is 6.05. The van der Waals surface area contributed by atoms with E-state index in [9.17, 15) is 4.79 Å². The summed E-state index contributed by atoms with van der Waals surface area (Å²) in [6.45, 7) is 0. The lowest BCUT2D eigenvalue weighted by Gasteiger charge is -2.14. The van der Waals surface area contributed by atoms with Crippen molar-refractivity contribution in [2.24, 2.45) is 5.92 Å². The number of allylic oxidation sites excluding steroid dienone is 2. The first kappa shape index (κ1) is 11.9. The molecule has 2 aromatic rings. The van der Waals surface area contributed by atoms with Crippen molar-refractivity contribution in [3.63, 3.8) is 0 Å². The lowest BCUT2D eigenvalue weighted by molar-refractivity contribution is 0.0949. The molecule has 94 valence electrons. The van der Waals surface area contributed by atoms with Gasteiger partial charge in [0.25, 0.3) is 0 Å². The Bertz CT molecular complexity index is 596. The maximum atomic E-state index is 12.6. The van der Waals surface area contributed by atoms with E-state index in [1.165, 1.54) is 11.1 Å². The average molecular weight is 248 g/mol. The molecule has 1 unspecified atom stereocenters. The average Bonchev–Trinajstić information content (AvgIpc) is 2.98. The molecule has 0 bridgehead atoms. The molecule has 19 heavy (non-hydrogen) atoms. The maximum absolute atomic E-state index is 12.6. The number of Topliss-reactive ketones (excluding diaryl/α,β-unsaturated/α-hetero) is 1. The van der Waals surface area contributed by atoms with Crippen molar-refractivity contribution < 1.29 is 4.79 Å². The lowest BCUT2D eigenvalue weighted by atomic mass is 9.88. The number of hydrogen-bond donors (Lipinski definition) is 0. The van der Waals surface area contributed by atoms with Crippen molar-refractivity contribution in [3.05, 3.63) is 77.9 Å². The molecule has 3 rings (SSSR count). The lowest BCUT2D eigenvalue weighted by Crippen LogP contribution is -2.13. The molecular formula is C18H16O. The van der Waals surface area contributed by atoms with Crippen molar-refractivity contribution in [1.82, 2.24) is 0 Å². The standard InChI is InChI=1S/C18H16O/c19-18(15-10-5-2-6-11-15)17-13-7-12-16(17)14-8-3-1-4-9-14/h1-6,8-12,17H,7,13H2. The van der Waals surface area contributed by atoms with E-state index in [0.29, 0.717) is 0 Å². The van der Waals surface area contributed by atoms with Crippen LogP contribution in [0.2, 0.25) is 0 Å². The summed E-state index contributed by atoms with van der Waals surface area (Å²) in [5.41, 5.74) is 3.18. The van der Waals surface area contributed by atoms with Crippen molar-refractivity contribution >= 4 is 11.4 Å². The minimum Gasteiger partial charge on any atom is -0.293 e. The molecule has 0 radical (unpaired) electrons. The summed E-state index contributed by atoms with van der Waals surface area (Å²) < 4.78 is 0. The maximum Gasteiger partial charge on any atom is 0.170 e. The van der Waals surface area contributed by atoms with Crippen LogP contribution < -0.4 is 0 Å². The van der Waals surface area contributed by atoms with Crippen molar-refractivity contribution in [2.75, 3.05) is 0 Å². The van der Waals surface area contributed by atoms with Crippen LogP contribution in [0.15, 0.2) is 66.7 Å². The van der Waals surface area contributed by atoms with Crippen molar-refractivity contribution in [1.29, 1.82) is 0 Å². The quantitative estimate of drug-likeness (QED) is 0.737. The summed E-state index contributed by atoms with van der Waals surface area (Å²) in [7, 11) is 0. The van der Waals surface area contributed by atoms with Crippen LogP contribution in [0.3, 0.4) is 0 Å². The molecule has 0 fully saturated rings. The summed E-state index contributed by atoms with van der Waals surface area (Å²) >= 11 is 0. The van der Waals surface area contributed by atoms with Crippen molar-refractivity contribution in [3.8, 4) is 0 Å². The zero-order valence-corrected chi connectivity index (χ0v) is 10.8. The van der Waals surface area contributed by atoms with Gasteiger partial charge in [-0.2, -0.15) is 0 Å². The van der Waals surface area contributed by atoms with Gasteiger partial charge in [-0.3, -0.25) is 4.79 Å². The molecule has 0 aliphatic heterocycles. The Morgan fingerprint density at radius 1 is 0.895 bits per heavy atom. The molecule has 1 heteroatoms. The second-order valence-corrected chi connectivity index (χ2v) is 4.89. The fraction of sp³-hybridized carbons (Fsp3) is 0.167. The van der Waals surface area contributed by atoms with E-state index >= 15 is 0 Å². The largest absolute Gasteiger partial charge is 0.293 e. The van der Waals surface area contributed by atoms with Gasteiger partial charge < -0.3 is 0 Å². The predicted molar refractivity (Wildman–Crippen MR) is 77.9 cm³/mol. The first-order valence-electron chi connectivity index (χ1n) is 6.71. The topological polar surface area (TPSA) is 17.1 Å². The van der Waals surface area contributed by atoms with E-state index < -0.39 is 0 Å². The Morgan fingerprint density at radius 2 is 1.53 bits per heavy atom. The van der Waals surface area contributed by atoms with Crippen LogP contribution in [-0.2, 0) is 0 Å². The molecule has 0 saturated carbocycles. The number of carbonyl (C=O) groups is 1. The molecule has 1 atom stereocenters. The normalized spacial score (nSPS) is 18.1. The third-order valence-corrected chi connectivity index (χ3v) is 3.68. The molecule has 2 aromatic carbocycles. The van der Waals surface area contributed by atoms with Gasteiger partial charge in [-0.05, 0) is 24.0 Å². The number of hydrogen-bond acceptors (Lipinski definition) is 1. The fourth-order valence-electron chi connectivity index (χ4n) is 2.73.